The number of benzene rings is 3. The fourth-order valence-corrected chi connectivity index (χ4v) is 4.00. The van der Waals surface area contributed by atoms with Gasteiger partial charge in [-0.3, -0.25) is 4.79 Å². The van der Waals surface area contributed by atoms with E-state index in [9.17, 15) is 4.79 Å². The average Bonchev–Trinajstić information content (AvgIpc) is 2.66. The van der Waals surface area contributed by atoms with Crippen LogP contribution in [0.1, 0.15) is 21.5 Å². The molecule has 1 heterocycles. The molecular formula is C23H19NOS. The van der Waals surface area contributed by atoms with E-state index in [2.05, 4.69) is 42.6 Å². The molecule has 2 nitrogen and oxygen atoms in total. The molecule has 0 bridgehead atoms. The summed E-state index contributed by atoms with van der Waals surface area (Å²) in [4.78, 5) is 14.9. The quantitative estimate of drug-likeness (QED) is 0.349. The Morgan fingerprint density at radius 1 is 0.962 bits per heavy atom. The Bertz CT molecular complexity index is 1010. The molecule has 1 aliphatic rings. The van der Waals surface area contributed by atoms with E-state index in [0.29, 0.717) is 5.56 Å². The highest BCUT2D eigenvalue weighted by Crippen LogP contribution is 2.44. The van der Waals surface area contributed by atoms with Gasteiger partial charge < -0.3 is 5.32 Å². The minimum absolute atomic E-state index is 0.0334. The summed E-state index contributed by atoms with van der Waals surface area (Å²) in [5.74, 6) is 0.0334. The van der Waals surface area contributed by atoms with Crippen molar-refractivity contribution in [3.8, 4) is 0 Å². The lowest BCUT2D eigenvalue weighted by molar-refractivity contribution is 0.104. The van der Waals surface area contributed by atoms with Crippen LogP contribution in [0.5, 0.6) is 0 Å². The van der Waals surface area contributed by atoms with Gasteiger partial charge in [0.2, 0.25) is 0 Å². The monoisotopic (exact) mass is 357 g/mol. The summed E-state index contributed by atoms with van der Waals surface area (Å²) in [5, 5.41) is 3.43. The number of allylic oxidation sites excluding steroid dienone is 2. The Morgan fingerprint density at radius 3 is 2.69 bits per heavy atom. The van der Waals surface area contributed by atoms with Crippen molar-refractivity contribution in [2.24, 2.45) is 0 Å². The second-order valence-corrected chi connectivity index (χ2v) is 7.48. The molecule has 0 radical (unpaired) electrons. The van der Waals surface area contributed by atoms with E-state index < -0.39 is 0 Å². The second-order valence-electron chi connectivity index (χ2n) is 6.39. The van der Waals surface area contributed by atoms with E-state index in [0.717, 1.165) is 22.7 Å². The normalized spacial score (nSPS) is 12.3. The first-order chi connectivity index (χ1) is 12.7. The molecule has 26 heavy (non-hydrogen) atoms. The fourth-order valence-electron chi connectivity index (χ4n) is 3.03. The highest BCUT2D eigenvalue weighted by molar-refractivity contribution is 7.99. The molecule has 4 rings (SSSR count). The zero-order chi connectivity index (χ0) is 17.9. The highest BCUT2D eigenvalue weighted by atomic mass is 32.2. The molecule has 1 N–H and O–H groups in total. The molecule has 3 aromatic carbocycles. The van der Waals surface area contributed by atoms with Gasteiger partial charge in [0.15, 0.2) is 5.78 Å². The average molecular weight is 357 g/mol. The van der Waals surface area contributed by atoms with Gasteiger partial charge in [0.05, 0.1) is 11.4 Å². The van der Waals surface area contributed by atoms with Gasteiger partial charge in [-0.1, -0.05) is 59.8 Å². The van der Waals surface area contributed by atoms with Gasteiger partial charge in [0, 0.05) is 15.4 Å². The topological polar surface area (TPSA) is 29.1 Å². The van der Waals surface area contributed by atoms with Gasteiger partial charge >= 0.3 is 0 Å². The lowest BCUT2D eigenvalue weighted by Gasteiger charge is -2.20. The lowest BCUT2D eigenvalue weighted by atomic mass is 10.1. The molecule has 3 aromatic rings. The van der Waals surface area contributed by atoms with E-state index in [1.807, 2.05) is 42.5 Å². The number of hydrogen-bond donors (Lipinski definition) is 1. The van der Waals surface area contributed by atoms with Gasteiger partial charge in [-0.05, 0) is 55.3 Å². The number of carbonyl (C=O) groups excluding carboxylic acids is 1. The maximum absolute atomic E-state index is 12.5. The fraction of sp³-hybridized carbons (Fsp3) is 0.0870. The maximum Gasteiger partial charge on any atom is 0.185 e. The Morgan fingerprint density at radius 2 is 1.81 bits per heavy atom. The molecule has 0 saturated carbocycles. The summed E-state index contributed by atoms with van der Waals surface area (Å²) in [6.07, 6.45) is 4.38. The summed E-state index contributed by atoms with van der Waals surface area (Å²) < 4.78 is 0. The number of para-hydroxylation sites is 1. The first-order valence-electron chi connectivity index (χ1n) is 8.63. The zero-order valence-corrected chi connectivity index (χ0v) is 15.3. The van der Waals surface area contributed by atoms with E-state index in [-0.39, 0.29) is 5.78 Å². The Labute approximate surface area is 158 Å². The molecule has 1 aliphatic heterocycles. The van der Waals surface area contributed by atoms with Crippen molar-refractivity contribution >= 4 is 28.9 Å². The number of ketones is 1. The molecule has 0 aliphatic carbocycles. The van der Waals surface area contributed by atoms with E-state index in [1.54, 1.807) is 17.8 Å². The van der Waals surface area contributed by atoms with Crippen LogP contribution in [-0.2, 0) is 6.42 Å². The molecule has 0 saturated heterocycles. The van der Waals surface area contributed by atoms with Crippen LogP contribution < -0.4 is 5.32 Å². The van der Waals surface area contributed by atoms with Crippen molar-refractivity contribution in [3.05, 3.63) is 95.6 Å². The number of carbonyl (C=O) groups is 1. The summed E-state index contributed by atoms with van der Waals surface area (Å²) >= 11 is 1.73. The number of nitrogens with one attached hydrogen (secondary N) is 1. The van der Waals surface area contributed by atoms with Gasteiger partial charge in [-0.25, -0.2) is 0 Å². The predicted molar refractivity (Wildman–Crippen MR) is 109 cm³/mol. The van der Waals surface area contributed by atoms with Crippen molar-refractivity contribution in [3.63, 3.8) is 0 Å². The highest BCUT2D eigenvalue weighted by Gasteiger charge is 2.16. The minimum atomic E-state index is 0.0334. The summed E-state index contributed by atoms with van der Waals surface area (Å²) in [5.41, 5.74) is 5.24. The smallest absolute Gasteiger partial charge is 0.185 e. The van der Waals surface area contributed by atoms with Crippen LogP contribution in [0.4, 0.5) is 11.4 Å². The molecule has 128 valence electrons. The summed E-state index contributed by atoms with van der Waals surface area (Å²) in [7, 11) is 0. The third-order valence-electron chi connectivity index (χ3n) is 4.35. The van der Waals surface area contributed by atoms with Gasteiger partial charge in [0.1, 0.15) is 0 Å². The number of hydrogen-bond acceptors (Lipinski definition) is 3. The van der Waals surface area contributed by atoms with Crippen LogP contribution in [-0.4, -0.2) is 5.78 Å². The molecule has 0 atom stereocenters. The number of rotatable bonds is 4. The first-order valence-corrected chi connectivity index (χ1v) is 9.45. The Kier molecular flexibility index (Phi) is 4.63. The Hall–Kier alpha value is -2.78. The summed E-state index contributed by atoms with van der Waals surface area (Å²) in [6, 6.07) is 22.4. The molecule has 0 amide bonds. The lowest BCUT2D eigenvalue weighted by Crippen LogP contribution is -2.02. The van der Waals surface area contributed by atoms with Crippen molar-refractivity contribution in [2.45, 2.75) is 23.1 Å². The second kappa shape index (κ2) is 7.22. The van der Waals surface area contributed by atoms with E-state index in [1.165, 1.54) is 16.0 Å². The molecule has 3 heteroatoms. The largest absolute Gasteiger partial charge is 0.354 e. The van der Waals surface area contributed by atoms with Crippen LogP contribution in [0.25, 0.3) is 0 Å². The molecule has 0 fully saturated rings. The predicted octanol–water partition coefficient (Wildman–Crippen LogP) is 6.18. The van der Waals surface area contributed by atoms with Crippen molar-refractivity contribution in [1.82, 2.24) is 0 Å². The summed E-state index contributed by atoms with van der Waals surface area (Å²) in [6.45, 7) is 2.08. The van der Waals surface area contributed by atoms with Crippen LogP contribution >= 0.6 is 11.8 Å². The van der Waals surface area contributed by atoms with E-state index in [4.69, 9.17) is 0 Å². The van der Waals surface area contributed by atoms with Crippen LogP contribution in [0.15, 0.2) is 88.7 Å². The molecule has 0 unspecified atom stereocenters. The standard InChI is InChI=1S/C23H19NOS/c1-16-6-4-7-17(14-16)8-5-10-21(25)18-12-13-23-20(15-18)24-19-9-2-3-11-22(19)26-23/h2-7,9-15,24H,8H2,1H3/b10-5+. The number of aryl methyl sites for hydroxylation is 1. The Balaban J connectivity index is 1.48. The minimum Gasteiger partial charge on any atom is -0.354 e. The van der Waals surface area contributed by atoms with Crippen LogP contribution in [0.2, 0.25) is 0 Å². The first kappa shape index (κ1) is 16.7. The zero-order valence-electron chi connectivity index (χ0n) is 14.5. The molecule has 0 spiro atoms. The van der Waals surface area contributed by atoms with Crippen molar-refractivity contribution in [2.75, 3.05) is 5.32 Å². The maximum atomic E-state index is 12.5. The van der Waals surface area contributed by atoms with Crippen LogP contribution in [0.3, 0.4) is 0 Å². The molecular weight excluding hydrogens is 338 g/mol. The van der Waals surface area contributed by atoms with E-state index >= 15 is 0 Å². The molecule has 0 aromatic heterocycles. The van der Waals surface area contributed by atoms with Crippen LogP contribution in [0, 0.1) is 6.92 Å². The van der Waals surface area contributed by atoms with Gasteiger partial charge in [-0.2, -0.15) is 0 Å². The number of anilines is 2. The third kappa shape index (κ3) is 3.58. The van der Waals surface area contributed by atoms with Gasteiger partial charge in [0.25, 0.3) is 0 Å². The van der Waals surface area contributed by atoms with Crippen molar-refractivity contribution < 1.29 is 4.79 Å². The van der Waals surface area contributed by atoms with Gasteiger partial charge in [-0.15, -0.1) is 0 Å². The third-order valence-corrected chi connectivity index (χ3v) is 5.50. The SMILES string of the molecule is Cc1cccc(C/C=C/C(=O)c2ccc3c(c2)Nc2ccccc2S3)c1. The number of fused-ring (bicyclic) bond motifs is 2. The van der Waals surface area contributed by atoms with Crippen molar-refractivity contribution in [1.29, 1.82) is 0 Å².